The number of esters is 1. The number of phenols is 1. The molecule has 2 aromatic carbocycles. The normalized spacial score (nSPS) is 14.4. The molecule has 0 saturated carbocycles. The standard InChI is InChI=1S/C20H20Cl2N2O6S/c21-14-4-3-13(17(22)9-14)11-23-19(26)12-30-20(27)16-10-15(5-6-18(16)25)31(28,29)24-7-1-2-8-24/h3-6,9-10,25H,1-2,7-8,11-12H2,(H,23,26). The molecular formula is C20H20Cl2N2O6S. The van der Waals surface area contributed by atoms with Gasteiger partial charge >= 0.3 is 5.97 Å². The predicted octanol–water partition coefficient (Wildman–Crippen LogP) is 2.96. The summed E-state index contributed by atoms with van der Waals surface area (Å²) >= 11 is 11.9. The van der Waals surface area contributed by atoms with Crippen LogP contribution in [-0.4, -0.2) is 49.4 Å². The third-order valence-electron chi connectivity index (χ3n) is 4.72. The number of amides is 1. The van der Waals surface area contributed by atoms with Gasteiger partial charge in [0, 0.05) is 29.7 Å². The number of hydrogen-bond acceptors (Lipinski definition) is 6. The van der Waals surface area contributed by atoms with Gasteiger partial charge in [0.2, 0.25) is 10.0 Å². The number of carbonyl (C=O) groups is 2. The van der Waals surface area contributed by atoms with Gasteiger partial charge in [0.25, 0.3) is 5.91 Å². The first-order valence-electron chi connectivity index (χ1n) is 9.39. The van der Waals surface area contributed by atoms with E-state index in [1.165, 1.54) is 16.4 Å². The molecular weight excluding hydrogens is 467 g/mol. The van der Waals surface area contributed by atoms with Crippen molar-refractivity contribution in [2.24, 2.45) is 0 Å². The van der Waals surface area contributed by atoms with E-state index in [0.717, 1.165) is 25.0 Å². The molecule has 0 bridgehead atoms. The summed E-state index contributed by atoms with van der Waals surface area (Å²) in [7, 11) is -3.78. The minimum atomic E-state index is -3.78. The van der Waals surface area contributed by atoms with Crippen molar-refractivity contribution in [1.82, 2.24) is 9.62 Å². The lowest BCUT2D eigenvalue weighted by atomic mass is 10.2. The van der Waals surface area contributed by atoms with Crippen molar-refractivity contribution in [3.05, 3.63) is 57.6 Å². The van der Waals surface area contributed by atoms with Crippen LogP contribution in [-0.2, 0) is 26.1 Å². The Morgan fingerprint density at radius 3 is 2.48 bits per heavy atom. The zero-order valence-corrected chi connectivity index (χ0v) is 18.6. The fourth-order valence-electron chi connectivity index (χ4n) is 3.04. The minimum Gasteiger partial charge on any atom is -0.507 e. The molecule has 0 atom stereocenters. The predicted molar refractivity (Wildman–Crippen MR) is 115 cm³/mol. The largest absolute Gasteiger partial charge is 0.507 e. The van der Waals surface area contributed by atoms with E-state index in [4.69, 9.17) is 27.9 Å². The molecule has 11 heteroatoms. The maximum absolute atomic E-state index is 12.7. The highest BCUT2D eigenvalue weighted by Gasteiger charge is 2.28. The van der Waals surface area contributed by atoms with Crippen LogP contribution in [0.5, 0.6) is 5.75 Å². The third kappa shape index (κ3) is 5.68. The Bertz CT molecular complexity index is 1100. The molecule has 1 aliphatic rings. The number of nitrogens with one attached hydrogen (secondary N) is 1. The first-order valence-corrected chi connectivity index (χ1v) is 11.6. The molecule has 1 saturated heterocycles. The molecule has 0 spiro atoms. The van der Waals surface area contributed by atoms with Gasteiger partial charge in [-0.15, -0.1) is 0 Å². The van der Waals surface area contributed by atoms with Crippen LogP contribution in [0.2, 0.25) is 10.0 Å². The highest BCUT2D eigenvalue weighted by molar-refractivity contribution is 7.89. The molecule has 1 aliphatic heterocycles. The zero-order chi connectivity index (χ0) is 22.6. The van der Waals surface area contributed by atoms with Gasteiger partial charge in [-0.1, -0.05) is 29.3 Å². The number of sulfonamides is 1. The van der Waals surface area contributed by atoms with Gasteiger partial charge in [0.15, 0.2) is 6.61 Å². The molecule has 0 unspecified atom stereocenters. The second-order valence-corrected chi connectivity index (χ2v) is 9.66. The summed E-state index contributed by atoms with van der Waals surface area (Å²) < 4.78 is 31.6. The van der Waals surface area contributed by atoms with E-state index < -0.39 is 34.3 Å². The van der Waals surface area contributed by atoms with Crippen molar-refractivity contribution in [2.45, 2.75) is 24.3 Å². The molecule has 166 valence electrons. The van der Waals surface area contributed by atoms with Crippen molar-refractivity contribution in [1.29, 1.82) is 0 Å². The second-order valence-electron chi connectivity index (χ2n) is 6.88. The second kappa shape index (κ2) is 9.86. The van der Waals surface area contributed by atoms with Crippen LogP contribution in [0.4, 0.5) is 0 Å². The molecule has 0 aromatic heterocycles. The third-order valence-corrected chi connectivity index (χ3v) is 7.20. The van der Waals surface area contributed by atoms with Crippen LogP contribution in [0, 0.1) is 0 Å². The van der Waals surface area contributed by atoms with Crippen LogP contribution in [0.3, 0.4) is 0 Å². The van der Waals surface area contributed by atoms with E-state index in [0.29, 0.717) is 28.7 Å². The summed E-state index contributed by atoms with van der Waals surface area (Å²) in [6, 6.07) is 8.21. The SMILES string of the molecule is O=C(COC(=O)c1cc(S(=O)(=O)N2CCCC2)ccc1O)NCc1ccc(Cl)cc1Cl. The summed E-state index contributed by atoms with van der Waals surface area (Å²) in [4.78, 5) is 24.2. The smallest absolute Gasteiger partial charge is 0.342 e. The first kappa shape index (κ1) is 23.3. The van der Waals surface area contributed by atoms with E-state index in [-0.39, 0.29) is 17.0 Å². The quantitative estimate of drug-likeness (QED) is 0.581. The highest BCUT2D eigenvalue weighted by Crippen LogP contribution is 2.26. The topological polar surface area (TPSA) is 113 Å². The molecule has 3 rings (SSSR count). The zero-order valence-electron chi connectivity index (χ0n) is 16.3. The lowest BCUT2D eigenvalue weighted by Crippen LogP contribution is -2.29. The van der Waals surface area contributed by atoms with Crippen LogP contribution in [0.15, 0.2) is 41.3 Å². The Morgan fingerprint density at radius 1 is 1.10 bits per heavy atom. The fourth-order valence-corrected chi connectivity index (χ4v) is 5.05. The number of phenolic OH excluding ortho intramolecular Hbond substituents is 1. The van der Waals surface area contributed by atoms with Crippen molar-refractivity contribution < 1.29 is 27.9 Å². The van der Waals surface area contributed by atoms with Crippen molar-refractivity contribution in [3.63, 3.8) is 0 Å². The van der Waals surface area contributed by atoms with Crippen LogP contribution in [0.25, 0.3) is 0 Å². The number of rotatable bonds is 7. The van der Waals surface area contributed by atoms with Gasteiger partial charge < -0.3 is 15.2 Å². The van der Waals surface area contributed by atoms with Gasteiger partial charge in [-0.2, -0.15) is 4.31 Å². The Balaban J connectivity index is 1.61. The maximum Gasteiger partial charge on any atom is 0.342 e. The molecule has 2 aromatic rings. The number of ether oxygens (including phenoxy) is 1. The first-order chi connectivity index (χ1) is 14.7. The van der Waals surface area contributed by atoms with Gasteiger partial charge in [-0.05, 0) is 48.7 Å². The Morgan fingerprint density at radius 2 is 1.81 bits per heavy atom. The number of benzene rings is 2. The van der Waals surface area contributed by atoms with Crippen LogP contribution < -0.4 is 5.32 Å². The number of carbonyl (C=O) groups excluding carboxylic acids is 2. The highest BCUT2D eigenvalue weighted by atomic mass is 35.5. The molecule has 0 radical (unpaired) electrons. The summed E-state index contributed by atoms with van der Waals surface area (Å²) in [6.45, 7) is 0.287. The van der Waals surface area contributed by atoms with E-state index in [1.807, 2.05) is 0 Å². The number of halogens is 2. The molecule has 2 N–H and O–H groups in total. The summed E-state index contributed by atoms with van der Waals surface area (Å²) in [5, 5.41) is 13.4. The summed E-state index contributed by atoms with van der Waals surface area (Å²) in [5.74, 6) is -2.06. The van der Waals surface area contributed by atoms with Crippen molar-refractivity contribution in [3.8, 4) is 5.75 Å². The van der Waals surface area contributed by atoms with Gasteiger partial charge in [-0.25, -0.2) is 13.2 Å². The molecule has 1 amide bonds. The lowest BCUT2D eigenvalue weighted by Gasteiger charge is -2.16. The van der Waals surface area contributed by atoms with Crippen LogP contribution >= 0.6 is 23.2 Å². The average molecular weight is 487 g/mol. The van der Waals surface area contributed by atoms with Crippen LogP contribution in [0.1, 0.15) is 28.8 Å². The Labute approximate surface area is 189 Å². The average Bonchev–Trinajstić information content (AvgIpc) is 3.27. The van der Waals surface area contributed by atoms with Gasteiger partial charge in [0.1, 0.15) is 11.3 Å². The number of hydrogen-bond donors (Lipinski definition) is 2. The molecule has 8 nitrogen and oxygen atoms in total. The number of nitrogens with zero attached hydrogens (tertiary/aromatic N) is 1. The van der Waals surface area contributed by atoms with Crippen molar-refractivity contribution in [2.75, 3.05) is 19.7 Å². The number of aromatic hydroxyl groups is 1. The summed E-state index contributed by atoms with van der Waals surface area (Å²) in [5.41, 5.74) is 0.289. The molecule has 1 heterocycles. The molecule has 0 aliphatic carbocycles. The lowest BCUT2D eigenvalue weighted by molar-refractivity contribution is -0.124. The van der Waals surface area contributed by atoms with E-state index in [2.05, 4.69) is 5.32 Å². The summed E-state index contributed by atoms with van der Waals surface area (Å²) in [6.07, 6.45) is 1.53. The van der Waals surface area contributed by atoms with Crippen molar-refractivity contribution >= 4 is 45.1 Å². The fraction of sp³-hybridized carbons (Fsp3) is 0.300. The van der Waals surface area contributed by atoms with Gasteiger partial charge in [0.05, 0.1) is 4.90 Å². The van der Waals surface area contributed by atoms with E-state index >= 15 is 0 Å². The van der Waals surface area contributed by atoms with E-state index in [9.17, 15) is 23.1 Å². The van der Waals surface area contributed by atoms with E-state index in [1.54, 1.807) is 12.1 Å². The van der Waals surface area contributed by atoms with Gasteiger partial charge in [-0.3, -0.25) is 4.79 Å². The monoisotopic (exact) mass is 486 g/mol. The Kier molecular flexibility index (Phi) is 7.42. The molecule has 31 heavy (non-hydrogen) atoms. The molecule has 1 fully saturated rings. The minimum absolute atomic E-state index is 0.0984. The maximum atomic E-state index is 12.7. The Hall–Kier alpha value is -2.33.